The van der Waals surface area contributed by atoms with Crippen molar-refractivity contribution in [1.82, 2.24) is 14.6 Å². The summed E-state index contributed by atoms with van der Waals surface area (Å²) in [5, 5.41) is 5.13. The second kappa shape index (κ2) is 9.36. The molecule has 2 amide bonds. The topological polar surface area (TPSA) is 108 Å². The Bertz CT molecular complexity index is 1000. The number of amides is 2. The van der Waals surface area contributed by atoms with Gasteiger partial charge in [0.15, 0.2) is 0 Å². The lowest BCUT2D eigenvalue weighted by atomic mass is 9.94. The molecular weight excluding hydrogens is 404 g/mol. The Balaban J connectivity index is 1.65. The van der Waals surface area contributed by atoms with Gasteiger partial charge in [-0.15, -0.1) is 0 Å². The summed E-state index contributed by atoms with van der Waals surface area (Å²) in [6.45, 7) is 4.78. The molecule has 1 fully saturated rings. The maximum atomic E-state index is 13.0. The Morgan fingerprint density at radius 2 is 1.87 bits per heavy atom. The fourth-order valence-corrected chi connectivity index (χ4v) is 5.38. The first-order valence-electron chi connectivity index (χ1n) is 9.84. The van der Waals surface area contributed by atoms with Crippen molar-refractivity contribution in [2.45, 2.75) is 25.2 Å². The Morgan fingerprint density at radius 3 is 2.53 bits per heavy atom. The van der Waals surface area contributed by atoms with E-state index in [4.69, 9.17) is 0 Å². The molecule has 1 saturated heterocycles. The highest BCUT2D eigenvalue weighted by Crippen LogP contribution is 2.27. The monoisotopic (exact) mass is 430 g/mol. The summed E-state index contributed by atoms with van der Waals surface area (Å²) in [5.74, 6) is -0.355. The summed E-state index contributed by atoms with van der Waals surface area (Å²) in [5.41, 5.74) is 0.707. The summed E-state index contributed by atoms with van der Waals surface area (Å²) in [4.78, 5) is 28.4. The van der Waals surface area contributed by atoms with Crippen LogP contribution in [0.1, 0.15) is 30.6 Å². The average molecular weight is 431 g/mol. The molecule has 0 radical (unpaired) electrons. The van der Waals surface area contributed by atoms with Crippen LogP contribution in [0.25, 0.3) is 0 Å². The van der Waals surface area contributed by atoms with E-state index < -0.39 is 21.8 Å². The van der Waals surface area contributed by atoms with E-state index in [1.165, 1.54) is 34.8 Å². The van der Waals surface area contributed by atoms with Crippen molar-refractivity contribution < 1.29 is 18.0 Å². The van der Waals surface area contributed by atoms with Gasteiger partial charge >= 0.3 is 0 Å². The Morgan fingerprint density at radius 1 is 1.13 bits per heavy atom. The number of carbonyl (C=O) groups excluding carboxylic acids is 2. The summed E-state index contributed by atoms with van der Waals surface area (Å²) in [7, 11) is -3.69. The maximum absolute atomic E-state index is 13.0. The van der Waals surface area contributed by atoms with Gasteiger partial charge in [0.2, 0.25) is 15.9 Å². The van der Waals surface area contributed by atoms with Crippen LogP contribution in [0.4, 0.5) is 5.69 Å². The first-order valence-corrected chi connectivity index (χ1v) is 11.3. The van der Waals surface area contributed by atoms with E-state index in [-0.39, 0.29) is 28.8 Å². The van der Waals surface area contributed by atoms with E-state index in [2.05, 4.69) is 15.6 Å². The highest BCUT2D eigenvalue weighted by molar-refractivity contribution is 7.89. The molecule has 2 atom stereocenters. The Hall–Kier alpha value is -2.78. The third-order valence-electron chi connectivity index (χ3n) is 4.92. The van der Waals surface area contributed by atoms with Gasteiger partial charge in [-0.05, 0) is 48.6 Å². The molecule has 2 unspecified atom stereocenters. The molecule has 0 bridgehead atoms. The average Bonchev–Trinajstić information content (AvgIpc) is 2.72. The highest BCUT2D eigenvalue weighted by Gasteiger charge is 2.31. The number of piperidine rings is 1. The molecule has 1 aliphatic heterocycles. The molecule has 1 aromatic heterocycles. The lowest BCUT2D eigenvalue weighted by Gasteiger charge is -2.34. The predicted molar refractivity (Wildman–Crippen MR) is 113 cm³/mol. The van der Waals surface area contributed by atoms with Crippen molar-refractivity contribution in [2.75, 3.05) is 25.0 Å². The number of anilines is 1. The molecule has 2 heterocycles. The number of nitrogens with one attached hydrogen (secondary N) is 2. The van der Waals surface area contributed by atoms with E-state index >= 15 is 0 Å². The molecule has 1 aliphatic rings. The van der Waals surface area contributed by atoms with Crippen molar-refractivity contribution in [3.8, 4) is 0 Å². The van der Waals surface area contributed by atoms with E-state index in [0.29, 0.717) is 18.8 Å². The summed E-state index contributed by atoms with van der Waals surface area (Å²) in [6.07, 6.45) is 4.08. The van der Waals surface area contributed by atoms with Crippen LogP contribution in [0.3, 0.4) is 0 Å². The van der Waals surface area contributed by atoms with Crippen molar-refractivity contribution in [3.05, 3.63) is 54.4 Å². The molecule has 160 valence electrons. The number of hydrogen-bond donors (Lipinski definition) is 2. The summed E-state index contributed by atoms with van der Waals surface area (Å²) >= 11 is 0. The van der Waals surface area contributed by atoms with Crippen LogP contribution >= 0.6 is 0 Å². The molecule has 3 rings (SSSR count). The van der Waals surface area contributed by atoms with Crippen LogP contribution in [-0.2, 0) is 14.8 Å². The molecule has 2 N–H and O–H groups in total. The minimum atomic E-state index is -3.69. The van der Waals surface area contributed by atoms with Gasteiger partial charge in [0, 0.05) is 24.8 Å². The van der Waals surface area contributed by atoms with Gasteiger partial charge < -0.3 is 10.6 Å². The number of sulfonamides is 1. The van der Waals surface area contributed by atoms with Gasteiger partial charge in [-0.2, -0.15) is 4.31 Å². The molecule has 0 saturated carbocycles. The van der Waals surface area contributed by atoms with Crippen molar-refractivity contribution in [2.24, 2.45) is 11.8 Å². The largest absolute Gasteiger partial charge is 0.343 e. The number of carbonyl (C=O) groups is 2. The van der Waals surface area contributed by atoms with Crippen LogP contribution in [0.2, 0.25) is 0 Å². The normalized spacial score (nSPS) is 19.8. The minimum Gasteiger partial charge on any atom is -0.343 e. The zero-order valence-corrected chi connectivity index (χ0v) is 17.9. The maximum Gasteiger partial charge on any atom is 0.251 e. The SMILES string of the molecule is CC1CC(C)CN(S(=O)(=O)c2cccc(C(=O)NCC(=O)Nc3cccnc3)c2)C1. The number of benzene rings is 1. The van der Waals surface area contributed by atoms with Crippen LogP contribution in [-0.4, -0.2) is 49.2 Å². The van der Waals surface area contributed by atoms with Crippen molar-refractivity contribution in [3.63, 3.8) is 0 Å². The third-order valence-corrected chi connectivity index (χ3v) is 6.75. The number of pyridine rings is 1. The van der Waals surface area contributed by atoms with Gasteiger partial charge in [0.05, 0.1) is 23.3 Å². The zero-order chi connectivity index (χ0) is 21.7. The van der Waals surface area contributed by atoms with E-state index in [1.807, 2.05) is 13.8 Å². The fraction of sp³-hybridized carbons (Fsp3) is 0.381. The van der Waals surface area contributed by atoms with Crippen LogP contribution in [0.15, 0.2) is 53.7 Å². The first-order chi connectivity index (χ1) is 14.3. The summed E-state index contributed by atoms with van der Waals surface area (Å²) < 4.78 is 27.6. The smallest absolute Gasteiger partial charge is 0.251 e. The van der Waals surface area contributed by atoms with Crippen LogP contribution < -0.4 is 10.6 Å². The van der Waals surface area contributed by atoms with E-state index in [9.17, 15) is 18.0 Å². The van der Waals surface area contributed by atoms with Gasteiger partial charge in [0.1, 0.15) is 0 Å². The van der Waals surface area contributed by atoms with Crippen LogP contribution in [0, 0.1) is 11.8 Å². The van der Waals surface area contributed by atoms with E-state index in [0.717, 1.165) is 6.42 Å². The van der Waals surface area contributed by atoms with Gasteiger partial charge in [-0.3, -0.25) is 14.6 Å². The minimum absolute atomic E-state index is 0.0799. The molecule has 9 heteroatoms. The molecule has 30 heavy (non-hydrogen) atoms. The third kappa shape index (κ3) is 5.43. The molecule has 0 aliphatic carbocycles. The van der Waals surface area contributed by atoms with Gasteiger partial charge in [-0.1, -0.05) is 19.9 Å². The standard InChI is InChI=1S/C21H26N4O4S/c1-15-9-16(2)14-25(13-15)30(28,29)19-7-3-5-17(10-19)21(27)23-12-20(26)24-18-6-4-8-22-11-18/h3-8,10-11,15-16H,9,12-14H2,1-2H3,(H,23,27)(H,24,26). The number of nitrogens with zero attached hydrogens (tertiary/aromatic N) is 2. The second-order valence-electron chi connectivity index (χ2n) is 7.77. The zero-order valence-electron chi connectivity index (χ0n) is 17.0. The first kappa shape index (κ1) is 21.9. The quantitative estimate of drug-likeness (QED) is 0.730. The van der Waals surface area contributed by atoms with Crippen molar-refractivity contribution in [1.29, 1.82) is 0 Å². The van der Waals surface area contributed by atoms with Gasteiger partial charge in [-0.25, -0.2) is 8.42 Å². The number of aromatic nitrogens is 1. The van der Waals surface area contributed by atoms with Crippen molar-refractivity contribution >= 4 is 27.5 Å². The number of hydrogen-bond acceptors (Lipinski definition) is 5. The fourth-order valence-electron chi connectivity index (χ4n) is 3.65. The Labute approximate surface area is 176 Å². The number of rotatable bonds is 6. The predicted octanol–water partition coefficient (Wildman–Crippen LogP) is 2.12. The lowest BCUT2D eigenvalue weighted by Crippen LogP contribution is -2.42. The Kier molecular flexibility index (Phi) is 6.84. The lowest BCUT2D eigenvalue weighted by molar-refractivity contribution is -0.115. The molecular formula is C21H26N4O4S. The van der Waals surface area contributed by atoms with E-state index in [1.54, 1.807) is 18.3 Å². The second-order valence-corrected chi connectivity index (χ2v) is 9.71. The highest BCUT2D eigenvalue weighted by atomic mass is 32.2. The van der Waals surface area contributed by atoms with Crippen LogP contribution in [0.5, 0.6) is 0 Å². The molecule has 2 aromatic rings. The van der Waals surface area contributed by atoms with Gasteiger partial charge in [0.25, 0.3) is 5.91 Å². The molecule has 0 spiro atoms. The molecule has 1 aromatic carbocycles. The summed E-state index contributed by atoms with van der Waals surface area (Å²) in [6, 6.07) is 9.27. The molecule has 8 nitrogen and oxygen atoms in total.